The number of nitrogens with zero attached hydrogens (tertiary/aromatic N) is 4. The summed E-state index contributed by atoms with van der Waals surface area (Å²) in [4.78, 5) is 31.5. The first-order chi connectivity index (χ1) is 14.6. The molecule has 9 heteroatoms. The molecule has 1 atom stereocenters. The van der Waals surface area contributed by atoms with Crippen molar-refractivity contribution in [2.75, 3.05) is 31.0 Å². The molecule has 2 amide bonds. The van der Waals surface area contributed by atoms with Gasteiger partial charge >= 0.3 is 0 Å². The lowest BCUT2D eigenvalue weighted by molar-refractivity contribution is -0.122. The van der Waals surface area contributed by atoms with E-state index in [0.717, 1.165) is 0 Å². The van der Waals surface area contributed by atoms with E-state index in [2.05, 4.69) is 15.4 Å². The maximum atomic E-state index is 12.9. The fourth-order valence-electron chi connectivity index (χ4n) is 3.43. The van der Waals surface area contributed by atoms with Crippen LogP contribution in [0.5, 0.6) is 11.5 Å². The number of carbonyl (C=O) groups excluding carboxylic acids is 2. The number of hydrogen-bond acceptors (Lipinski definition) is 6. The number of pyridine rings is 1. The Morgan fingerprint density at radius 2 is 2.03 bits per heavy atom. The molecule has 0 aliphatic carbocycles. The molecule has 30 heavy (non-hydrogen) atoms. The zero-order chi connectivity index (χ0) is 21.1. The van der Waals surface area contributed by atoms with Gasteiger partial charge in [0.25, 0.3) is 0 Å². The molecule has 0 radical (unpaired) electrons. The zero-order valence-corrected chi connectivity index (χ0v) is 16.6. The summed E-state index contributed by atoms with van der Waals surface area (Å²) in [5, 5.41) is 7.05. The summed E-state index contributed by atoms with van der Waals surface area (Å²) in [6, 6.07) is 10.5. The predicted molar refractivity (Wildman–Crippen MR) is 110 cm³/mol. The average Bonchev–Trinajstić information content (AvgIpc) is 3.43. The van der Waals surface area contributed by atoms with Gasteiger partial charge in [-0.3, -0.25) is 9.59 Å². The molecule has 0 spiro atoms. The maximum absolute atomic E-state index is 12.9. The molecule has 1 saturated heterocycles. The Morgan fingerprint density at radius 3 is 2.77 bits per heavy atom. The SMILES string of the molecule is COc1ccc(OC)c(N2CC(C(=O)Nc3cccnc3-n3cccn3)CC2=O)c1. The molecule has 0 bridgehead atoms. The molecule has 4 rings (SSSR count). The number of hydrogen-bond donors (Lipinski definition) is 1. The lowest BCUT2D eigenvalue weighted by atomic mass is 10.1. The highest BCUT2D eigenvalue weighted by Crippen LogP contribution is 2.36. The molecule has 1 aliphatic heterocycles. The Balaban J connectivity index is 1.54. The van der Waals surface area contributed by atoms with Crippen molar-refractivity contribution in [2.24, 2.45) is 5.92 Å². The molecule has 2 aromatic heterocycles. The Bertz CT molecular complexity index is 1070. The van der Waals surface area contributed by atoms with Gasteiger partial charge in [-0.05, 0) is 30.3 Å². The molecule has 1 N–H and O–H groups in total. The molecular formula is C21H21N5O4. The first-order valence-corrected chi connectivity index (χ1v) is 9.39. The molecule has 0 saturated carbocycles. The van der Waals surface area contributed by atoms with Gasteiger partial charge in [0, 0.05) is 37.6 Å². The second-order valence-corrected chi connectivity index (χ2v) is 6.76. The van der Waals surface area contributed by atoms with Gasteiger partial charge in [-0.15, -0.1) is 0 Å². The highest BCUT2D eigenvalue weighted by Gasteiger charge is 2.36. The van der Waals surface area contributed by atoms with Gasteiger partial charge in [-0.25, -0.2) is 9.67 Å². The number of ether oxygens (including phenoxy) is 2. The summed E-state index contributed by atoms with van der Waals surface area (Å²) in [6.45, 7) is 0.242. The van der Waals surface area contributed by atoms with Crippen molar-refractivity contribution in [3.05, 3.63) is 55.0 Å². The molecule has 154 valence electrons. The Hall–Kier alpha value is -3.88. The third-order valence-electron chi connectivity index (χ3n) is 4.94. The van der Waals surface area contributed by atoms with Gasteiger partial charge < -0.3 is 19.7 Å². The van der Waals surface area contributed by atoms with Crippen LogP contribution in [0.2, 0.25) is 0 Å². The van der Waals surface area contributed by atoms with Crippen LogP contribution in [0.4, 0.5) is 11.4 Å². The van der Waals surface area contributed by atoms with Crippen LogP contribution in [0.15, 0.2) is 55.0 Å². The summed E-state index contributed by atoms with van der Waals surface area (Å²) in [5.74, 6) is 0.726. The van der Waals surface area contributed by atoms with Crippen LogP contribution in [-0.2, 0) is 9.59 Å². The highest BCUT2D eigenvalue weighted by atomic mass is 16.5. The van der Waals surface area contributed by atoms with Gasteiger partial charge in [-0.2, -0.15) is 5.10 Å². The minimum Gasteiger partial charge on any atom is -0.497 e. The van der Waals surface area contributed by atoms with Crippen LogP contribution in [0, 0.1) is 5.92 Å². The number of rotatable bonds is 6. The fourth-order valence-corrected chi connectivity index (χ4v) is 3.43. The van der Waals surface area contributed by atoms with Crippen LogP contribution >= 0.6 is 0 Å². The Kier molecular flexibility index (Phi) is 5.34. The standard InChI is InChI=1S/C21H21N5O4/c1-29-15-6-7-18(30-2)17(12-15)25-13-14(11-19(25)27)21(28)24-16-5-3-8-22-20(16)26-10-4-9-23-26/h3-10,12,14H,11,13H2,1-2H3,(H,24,28). The van der Waals surface area contributed by atoms with Crippen LogP contribution in [-0.4, -0.2) is 47.3 Å². The largest absolute Gasteiger partial charge is 0.497 e. The van der Waals surface area contributed by atoms with Crippen molar-refractivity contribution in [3.63, 3.8) is 0 Å². The van der Waals surface area contributed by atoms with Crippen LogP contribution in [0.3, 0.4) is 0 Å². The van der Waals surface area contributed by atoms with E-state index in [-0.39, 0.29) is 24.8 Å². The normalized spacial score (nSPS) is 15.9. The van der Waals surface area contributed by atoms with Crippen molar-refractivity contribution in [1.29, 1.82) is 0 Å². The van der Waals surface area contributed by atoms with Gasteiger partial charge in [0.05, 0.1) is 31.5 Å². The second-order valence-electron chi connectivity index (χ2n) is 6.76. The second kappa shape index (κ2) is 8.24. The topological polar surface area (TPSA) is 98.6 Å². The van der Waals surface area contributed by atoms with Crippen LogP contribution in [0.25, 0.3) is 5.82 Å². The number of anilines is 2. The van der Waals surface area contributed by atoms with Gasteiger partial charge in [-0.1, -0.05) is 0 Å². The summed E-state index contributed by atoms with van der Waals surface area (Å²) in [6.07, 6.45) is 5.11. The summed E-state index contributed by atoms with van der Waals surface area (Å²) < 4.78 is 12.2. The van der Waals surface area contributed by atoms with Gasteiger partial charge in [0.2, 0.25) is 11.8 Å². The number of methoxy groups -OCH3 is 2. The molecule has 1 aliphatic rings. The number of carbonyl (C=O) groups is 2. The van der Waals surface area contributed by atoms with E-state index in [1.807, 2.05) is 0 Å². The van der Waals surface area contributed by atoms with E-state index >= 15 is 0 Å². The lowest BCUT2D eigenvalue weighted by Gasteiger charge is -2.20. The van der Waals surface area contributed by atoms with Crippen molar-refractivity contribution < 1.29 is 19.1 Å². The molecule has 1 aromatic carbocycles. The van der Waals surface area contributed by atoms with E-state index in [0.29, 0.717) is 28.7 Å². The fraction of sp³-hybridized carbons (Fsp3) is 0.238. The van der Waals surface area contributed by atoms with Crippen LogP contribution in [0.1, 0.15) is 6.42 Å². The lowest BCUT2D eigenvalue weighted by Crippen LogP contribution is -2.28. The summed E-state index contributed by atoms with van der Waals surface area (Å²) in [7, 11) is 3.09. The summed E-state index contributed by atoms with van der Waals surface area (Å²) >= 11 is 0. The number of nitrogens with one attached hydrogen (secondary N) is 1. The van der Waals surface area contributed by atoms with Gasteiger partial charge in [0.1, 0.15) is 11.5 Å². The first-order valence-electron chi connectivity index (χ1n) is 9.39. The number of aromatic nitrogens is 3. The van der Waals surface area contributed by atoms with E-state index in [4.69, 9.17) is 9.47 Å². The Morgan fingerprint density at radius 1 is 1.17 bits per heavy atom. The van der Waals surface area contributed by atoms with Gasteiger partial charge in [0.15, 0.2) is 5.82 Å². The number of benzene rings is 1. The number of amides is 2. The maximum Gasteiger partial charge on any atom is 0.229 e. The van der Waals surface area contributed by atoms with Crippen LogP contribution < -0.4 is 19.7 Å². The van der Waals surface area contributed by atoms with E-state index in [1.54, 1.807) is 71.7 Å². The first kappa shape index (κ1) is 19.4. The van der Waals surface area contributed by atoms with Crippen molar-refractivity contribution >= 4 is 23.2 Å². The minimum atomic E-state index is -0.515. The monoisotopic (exact) mass is 407 g/mol. The van der Waals surface area contributed by atoms with Crippen molar-refractivity contribution in [3.8, 4) is 17.3 Å². The van der Waals surface area contributed by atoms with Crippen molar-refractivity contribution in [2.45, 2.75) is 6.42 Å². The van der Waals surface area contributed by atoms with E-state index in [1.165, 1.54) is 7.11 Å². The zero-order valence-electron chi connectivity index (χ0n) is 16.6. The third kappa shape index (κ3) is 3.69. The predicted octanol–water partition coefficient (Wildman–Crippen LogP) is 2.28. The molecule has 1 unspecified atom stereocenters. The molecule has 9 nitrogen and oxygen atoms in total. The average molecular weight is 407 g/mol. The Labute approximate surface area is 173 Å². The smallest absolute Gasteiger partial charge is 0.229 e. The van der Waals surface area contributed by atoms with Crippen molar-refractivity contribution in [1.82, 2.24) is 14.8 Å². The van der Waals surface area contributed by atoms with E-state index < -0.39 is 5.92 Å². The molecule has 1 fully saturated rings. The molecular weight excluding hydrogens is 386 g/mol. The third-order valence-corrected chi connectivity index (χ3v) is 4.94. The van der Waals surface area contributed by atoms with E-state index in [9.17, 15) is 9.59 Å². The molecule has 3 aromatic rings. The molecule has 3 heterocycles. The minimum absolute atomic E-state index is 0.101. The highest BCUT2D eigenvalue weighted by molar-refractivity contribution is 6.04. The summed E-state index contributed by atoms with van der Waals surface area (Å²) in [5.41, 5.74) is 1.10. The quantitative estimate of drug-likeness (QED) is 0.673.